The van der Waals surface area contributed by atoms with Gasteiger partial charge in [-0.05, 0) is 24.1 Å². The lowest BCUT2D eigenvalue weighted by Gasteiger charge is -2.16. The molecule has 0 heterocycles. The van der Waals surface area contributed by atoms with Gasteiger partial charge in [0.05, 0.1) is 33.3 Å². The molecule has 0 fully saturated rings. The van der Waals surface area contributed by atoms with Crippen molar-refractivity contribution in [2.24, 2.45) is 0 Å². The first-order valence-corrected chi connectivity index (χ1v) is 5.84. The molecule has 0 bridgehead atoms. The Morgan fingerprint density at radius 1 is 1.26 bits per heavy atom. The van der Waals surface area contributed by atoms with E-state index in [9.17, 15) is 4.79 Å². The van der Waals surface area contributed by atoms with Gasteiger partial charge in [-0.15, -0.1) is 0 Å². The van der Waals surface area contributed by atoms with Crippen molar-refractivity contribution < 1.29 is 19.0 Å². The zero-order chi connectivity index (χ0) is 14.3. The van der Waals surface area contributed by atoms with Crippen LogP contribution >= 0.6 is 0 Å². The van der Waals surface area contributed by atoms with Crippen LogP contribution in [0.15, 0.2) is 18.2 Å². The van der Waals surface area contributed by atoms with Gasteiger partial charge in [-0.1, -0.05) is 6.07 Å². The Balaban J connectivity index is 3.08. The molecule has 0 saturated heterocycles. The van der Waals surface area contributed by atoms with Crippen molar-refractivity contribution >= 4 is 5.97 Å². The molecule has 0 radical (unpaired) electrons. The third-order valence-electron chi connectivity index (χ3n) is 2.84. The number of rotatable bonds is 6. The Hall–Kier alpha value is -2.22. The van der Waals surface area contributed by atoms with Gasteiger partial charge in [-0.3, -0.25) is 4.79 Å². The lowest BCUT2D eigenvalue weighted by Crippen LogP contribution is -2.14. The van der Waals surface area contributed by atoms with E-state index >= 15 is 0 Å². The summed E-state index contributed by atoms with van der Waals surface area (Å²) in [7, 11) is 4.41. The van der Waals surface area contributed by atoms with Gasteiger partial charge >= 0.3 is 5.97 Å². The second-order valence-corrected chi connectivity index (χ2v) is 3.89. The summed E-state index contributed by atoms with van der Waals surface area (Å²) in [6.45, 7) is 0. The second-order valence-electron chi connectivity index (χ2n) is 3.89. The van der Waals surface area contributed by atoms with E-state index in [1.165, 1.54) is 14.2 Å². The van der Waals surface area contributed by atoms with E-state index in [-0.39, 0.29) is 12.4 Å². The first kappa shape index (κ1) is 14.8. The van der Waals surface area contributed by atoms with Crippen LogP contribution in [0.25, 0.3) is 0 Å². The number of nitriles is 1. The van der Waals surface area contributed by atoms with Gasteiger partial charge in [0.15, 0.2) is 11.5 Å². The van der Waals surface area contributed by atoms with E-state index in [0.29, 0.717) is 17.9 Å². The predicted molar refractivity (Wildman–Crippen MR) is 69.2 cm³/mol. The lowest BCUT2D eigenvalue weighted by atomic mass is 9.94. The molecule has 5 heteroatoms. The molecule has 0 amide bonds. The van der Waals surface area contributed by atoms with E-state index in [1.807, 2.05) is 6.07 Å². The Bertz CT molecular complexity index is 479. The third-order valence-corrected chi connectivity index (χ3v) is 2.84. The minimum atomic E-state index is -0.468. The summed E-state index contributed by atoms with van der Waals surface area (Å²) < 4.78 is 15.1. The van der Waals surface area contributed by atoms with Crippen LogP contribution < -0.4 is 9.47 Å². The van der Waals surface area contributed by atoms with E-state index in [1.54, 1.807) is 25.3 Å². The average molecular weight is 263 g/mol. The molecule has 1 rings (SSSR count). The van der Waals surface area contributed by atoms with Gasteiger partial charge in [-0.2, -0.15) is 5.26 Å². The van der Waals surface area contributed by atoms with Crippen molar-refractivity contribution in [3.05, 3.63) is 23.8 Å². The maximum atomic E-state index is 11.8. The van der Waals surface area contributed by atoms with Crippen molar-refractivity contribution in [1.82, 2.24) is 0 Å². The summed E-state index contributed by atoms with van der Waals surface area (Å²) >= 11 is 0. The number of carbonyl (C=O) groups excluding carboxylic acids is 1. The van der Waals surface area contributed by atoms with Gasteiger partial charge in [0.25, 0.3) is 0 Å². The van der Waals surface area contributed by atoms with Crippen LogP contribution in [0.2, 0.25) is 0 Å². The van der Waals surface area contributed by atoms with Crippen molar-refractivity contribution in [3.63, 3.8) is 0 Å². The first-order chi connectivity index (χ1) is 9.17. The number of nitrogens with zero attached hydrogens (tertiary/aromatic N) is 1. The topological polar surface area (TPSA) is 68.6 Å². The highest BCUT2D eigenvalue weighted by atomic mass is 16.5. The van der Waals surface area contributed by atoms with E-state index in [0.717, 1.165) is 5.56 Å². The van der Waals surface area contributed by atoms with Gasteiger partial charge < -0.3 is 14.2 Å². The fraction of sp³-hybridized carbons (Fsp3) is 0.429. The van der Waals surface area contributed by atoms with Crippen LogP contribution in [-0.4, -0.2) is 27.3 Å². The highest BCUT2D eigenvalue weighted by Gasteiger charge is 2.22. The molecular weight excluding hydrogens is 246 g/mol. The van der Waals surface area contributed by atoms with Gasteiger partial charge in [-0.25, -0.2) is 0 Å². The summed E-state index contributed by atoms with van der Waals surface area (Å²) in [6.07, 6.45) is 0.701. The normalized spacial score (nSPS) is 11.3. The Labute approximate surface area is 112 Å². The summed E-state index contributed by atoms with van der Waals surface area (Å²) in [6, 6.07) is 7.28. The smallest absolute Gasteiger partial charge is 0.313 e. The van der Waals surface area contributed by atoms with Gasteiger partial charge in [0, 0.05) is 6.42 Å². The molecular formula is C14H17NO4. The highest BCUT2D eigenvalue weighted by molar-refractivity contribution is 5.78. The van der Waals surface area contributed by atoms with Crippen molar-refractivity contribution in [3.8, 4) is 17.6 Å². The molecule has 1 aromatic rings. The van der Waals surface area contributed by atoms with Crippen LogP contribution in [0.1, 0.15) is 24.3 Å². The van der Waals surface area contributed by atoms with Crippen molar-refractivity contribution in [1.29, 1.82) is 5.26 Å². The molecule has 0 N–H and O–H groups in total. The molecule has 19 heavy (non-hydrogen) atoms. The van der Waals surface area contributed by atoms with Crippen LogP contribution in [0.3, 0.4) is 0 Å². The van der Waals surface area contributed by atoms with Crippen LogP contribution in [0.5, 0.6) is 11.5 Å². The molecule has 0 spiro atoms. The number of methoxy groups -OCH3 is 3. The fourth-order valence-corrected chi connectivity index (χ4v) is 1.84. The Kier molecular flexibility index (Phi) is 5.68. The second kappa shape index (κ2) is 7.27. The molecule has 0 saturated carbocycles. The van der Waals surface area contributed by atoms with Crippen LogP contribution in [-0.2, 0) is 9.53 Å². The molecule has 0 aliphatic carbocycles. The minimum Gasteiger partial charge on any atom is -0.493 e. The lowest BCUT2D eigenvalue weighted by molar-refractivity contribution is -0.142. The average Bonchev–Trinajstić information content (AvgIpc) is 2.46. The Morgan fingerprint density at radius 3 is 2.47 bits per heavy atom. The Morgan fingerprint density at radius 2 is 1.95 bits per heavy atom. The maximum Gasteiger partial charge on any atom is 0.313 e. The summed E-state index contributed by atoms with van der Waals surface area (Å²) in [4.78, 5) is 11.8. The number of carbonyl (C=O) groups is 1. The van der Waals surface area contributed by atoms with Gasteiger partial charge in [0.2, 0.25) is 0 Å². The van der Waals surface area contributed by atoms with Gasteiger partial charge in [0.1, 0.15) is 0 Å². The van der Waals surface area contributed by atoms with E-state index < -0.39 is 5.92 Å². The van der Waals surface area contributed by atoms with Crippen LogP contribution in [0, 0.1) is 11.3 Å². The van der Waals surface area contributed by atoms with E-state index in [2.05, 4.69) is 0 Å². The zero-order valence-corrected chi connectivity index (χ0v) is 11.3. The molecule has 0 aromatic heterocycles. The molecule has 0 aliphatic heterocycles. The number of ether oxygens (including phenoxy) is 3. The number of hydrogen-bond donors (Lipinski definition) is 0. The predicted octanol–water partition coefficient (Wildman–Crippen LogP) is 2.26. The van der Waals surface area contributed by atoms with E-state index in [4.69, 9.17) is 19.5 Å². The largest absolute Gasteiger partial charge is 0.493 e. The fourth-order valence-electron chi connectivity index (χ4n) is 1.84. The molecule has 0 unspecified atom stereocenters. The van der Waals surface area contributed by atoms with Crippen molar-refractivity contribution in [2.75, 3.05) is 21.3 Å². The third kappa shape index (κ3) is 3.62. The molecule has 1 atom stereocenters. The molecule has 1 aromatic carbocycles. The summed E-state index contributed by atoms with van der Waals surface area (Å²) in [5.41, 5.74) is 0.750. The molecule has 102 valence electrons. The summed E-state index contributed by atoms with van der Waals surface area (Å²) in [5.74, 6) is 0.313. The number of hydrogen-bond acceptors (Lipinski definition) is 5. The van der Waals surface area contributed by atoms with Crippen molar-refractivity contribution in [2.45, 2.75) is 18.8 Å². The summed E-state index contributed by atoms with van der Waals surface area (Å²) in [5, 5.41) is 8.65. The highest BCUT2D eigenvalue weighted by Crippen LogP contribution is 2.32. The zero-order valence-electron chi connectivity index (χ0n) is 11.3. The number of benzene rings is 1. The minimum absolute atomic E-state index is 0.286. The maximum absolute atomic E-state index is 11.8. The monoisotopic (exact) mass is 263 g/mol. The molecule has 0 aliphatic rings. The van der Waals surface area contributed by atoms with Crippen LogP contribution in [0.4, 0.5) is 0 Å². The number of esters is 1. The standard InChI is InChI=1S/C14H17NO4/c1-17-12-7-6-10(9-13(12)18-2)11(5-4-8-15)14(16)19-3/h6-7,9,11H,4-5H2,1-3H3/t11-/m1/s1. The molecule has 5 nitrogen and oxygen atoms in total. The quantitative estimate of drug-likeness (QED) is 0.736. The first-order valence-electron chi connectivity index (χ1n) is 5.84. The SMILES string of the molecule is COC(=O)[C@H](CCC#N)c1ccc(OC)c(OC)c1.